The van der Waals surface area contributed by atoms with Crippen LogP contribution in [0.15, 0.2) is 24.3 Å². The van der Waals surface area contributed by atoms with Gasteiger partial charge in [0.05, 0.1) is 5.69 Å². The molecule has 0 spiro atoms. The minimum atomic E-state index is 0.374. The molecule has 0 aliphatic heterocycles. The van der Waals surface area contributed by atoms with Crippen molar-refractivity contribution in [3.63, 3.8) is 0 Å². The SMILES string of the molecule is CCCCCn1nnc(C=O)c1-c1ccc(Cl)cc1. The second kappa shape index (κ2) is 6.48. The lowest BCUT2D eigenvalue weighted by molar-refractivity contribution is 0.111. The summed E-state index contributed by atoms with van der Waals surface area (Å²) in [4.78, 5) is 11.1. The number of carbonyl (C=O) groups is 1. The van der Waals surface area contributed by atoms with Gasteiger partial charge in [-0.3, -0.25) is 4.79 Å². The molecule has 0 N–H and O–H groups in total. The molecular weight excluding hydrogens is 262 g/mol. The second-order valence-electron chi connectivity index (χ2n) is 4.38. The van der Waals surface area contributed by atoms with Gasteiger partial charge in [0.1, 0.15) is 0 Å². The molecule has 2 aromatic rings. The van der Waals surface area contributed by atoms with Gasteiger partial charge in [-0.15, -0.1) is 5.10 Å². The third kappa shape index (κ3) is 3.20. The number of hydrogen-bond donors (Lipinski definition) is 0. The third-order valence-electron chi connectivity index (χ3n) is 2.96. The zero-order chi connectivity index (χ0) is 13.7. The van der Waals surface area contributed by atoms with E-state index in [1.807, 2.05) is 12.1 Å². The van der Waals surface area contributed by atoms with Crippen molar-refractivity contribution in [2.24, 2.45) is 0 Å². The van der Waals surface area contributed by atoms with Gasteiger partial charge in [-0.1, -0.05) is 48.7 Å². The molecule has 0 saturated heterocycles. The highest BCUT2D eigenvalue weighted by Crippen LogP contribution is 2.23. The lowest BCUT2D eigenvalue weighted by atomic mass is 10.1. The fourth-order valence-electron chi connectivity index (χ4n) is 1.98. The normalized spacial score (nSPS) is 10.6. The average Bonchev–Trinajstić information content (AvgIpc) is 2.83. The number of aromatic nitrogens is 3. The minimum absolute atomic E-state index is 0.374. The number of halogens is 1. The summed E-state index contributed by atoms with van der Waals surface area (Å²) in [6.45, 7) is 2.92. The van der Waals surface area contributed by atoms with Crippen molar-refractivity contribution in [1.82, 2.24) is 15.0 Å². The quantitative estimate of drug-likeness (QED) is 0.599. The van der Waals surface area contributed by atoms with E-state index in [1.165, 1.54) is 0 Å². The van der Waals surface area contributed by atoms with Gasteiger partial charge in [-0.2, -0.15) is 0 Å². The Labute approximate surface area is 117 Å². The van der Waals surface area contributed by atoms with Crippen molar-refractivity contribution in [1.29, 1.82) is 0 Å². The summed E-state index contributed by atoms with van der Waals surface area (Å²) in [6.07, 6.45) is 4.05. The highest BCUT2D eigenvalue weighted by Gasteiger charge is 2.13. The van der Waals surface area contributed by atoms with Crippen LogP contribution in [0.4, 0.5) is 0 Å². The lowest BCUT2D eigenvalue weighted by Crippen LogP contribution is -2.03. The molecule has 19 heavy (non-hydrogen) atoms. The van der Waals surface area contributed by atoms with Crippen molar-refractivity contribution in [2.75, 3.05) is 0 Å². The van der Waals surface area contributed by atoms with Crippen molar-refractivity contribution < 1.29 is 4.79 Å². The van der Waals surface area contributed by atoms with E-state index in [1.54, 1.807) is 16.8 Å². The summed E-state index contributed by atoms with van der Waals surface area (Å²) in [6, 6.07) is 7.36. The summed E-state index contributed by atoms with van der Waals surface area (Å²) in [5, 5.41) is 8.65. The highest BCUT2D eigenvalue weighted by atomic mass is 35.5. The van der Waals surface area contributed by atoms with E-state index in [0.29, 0.717) is 10.7 Å². The van der Waals surface area contributed by atoms with Gasteiger partial charge in [0.25, 0.3) is 0 Å². The van der Waals surface area contributed by atoms with Gasteiger partial charge in [-0.25, -0.2) is 4.68 Å². The number of nitrogens with zero attached hydrogens (tertiary/aromatic N) is 3. The molecule has 1 heterocycles. The highest BCUT2D eigenvalue weighted by molar-refractivity contribution is 6.30. The van der Waals surface area contributed by atoms with E-state index < -0.39 is 0 Å². The average molecular weight is 278 g/mol. The summed E-state index contributed by atoms with van der Waals surface area (Å²) in [5.41, 5.74) is 2.05. The third-order valence-corrected chi connectivity index (χ3v) is 3.22. The Kier molecular flexibility index (Phi) is 4.68. The molecule has 0 unspecified atom stereocenters. The molecule has 5 heteroatoms. The van der Waals surface area contributed by atoms with E-state index >= 15 is 0 Å². The van der Waals surface area contributed by atoms with Crippen LogP contribution in [0.1, 0.15) is 36.7 Å². The topological polar surface area (TPSA) is 47.8 Å². The fourth-order valence-corrected chi connectivity index (χ4v) is 2.10. The number of carbonyl (C=O) groups excluding carboxylic acids is 1. The maximum atomic E-state index is 11.1. The first-order valence-corrected chi connectivity index (χ1v) is 6.78. The molecule has 0 radical (unpaired) electrons. The van der Waals surface area contributed by atoms with Gasteiger partial charge in [0.2, 0.25) is 0 Å². The maximum Gasteiger partial charge on any atom is 0.172 e. The van der Waals surface area contributed by atoms with Crippen LogP contribution in [0.3, 0.4) is 0 Å². The van der Waals surface area contributed by atoms with E-state index in [2.05, 4.69) is 17.2 Å². The lowest BCUT2D eigenvalue weighted by Gasteiger charge is -2.06. The minimum Gasteiger partial charge on any atom is -0.296 e. The van der Waals surface area contributed by atoms with E-state index in [-0.39, 0.29) is 0 Å². The number of aldehydes is 1. The van der Waals surface area contributed by atoms with Gasteiger partial charge in [0.15, 0.2) is 12.0 Å². The van der Waals surface area contributed by atoms with Gasteiger partial charge < -0.3 is 0 Å². The van der Waals surface area contributed by atoms with E-state index in [9.17, 15) is 4.79 Å². The number of hydrogen-bond acceptors (Lipinski definition) is 3. The van der Waals surface area contributed by atoms with Crippen molar-refractivity contribution in [3.05, 3.63) is 35.0 Å². The largest absolute Gasteiger partial charge is 0.296 e. The van der Waals surface area contributed by atoms with Crippen LogP contribution in [-0.4, -0.2) is 21.3 Å². The van der Waals surface area contributed by atoms with Crippen LogP contribution in [0.25, 0.3) is 11.3 Å². The van der Waals surface area contributed by atoms with E-state index in [4.69, 9.17) is 11.6 Å². The molecule has 100 valence electrons. The zero-order valence-electron chi connectivity index (χ0n) is 10.8. The fraction of sp³-hybridized carbons (Fsp3) is 0.357. The number of rotatable bonds is 6. The maximum absolute atomic E-state index is 11.1. The molecular formula is C14H16ClN3O. The first-order chi connectivity index (χ1) is 9.26. The molecule has 0 bridgehead atoms. The molecule has 2 rings (SSSR count). The van der Waals surface area contributed by atoms with Crippen molar-refractivity contribution in [2.45, 2.75) is 32.7 Å². The smallest absolute Gasteiger partial charge is 0.172 e. The Morgan fingerprint density at radius 2 is 2.00 bits per heavy atom. The Hall–Kier alpha value is -1.68. The molecule has 0 atom stereocenters. The summed E-state index contributed by atoms with van der Waals surface area (Å²) in [5.74, 6) is 0. The Morgan fingerprint density at radius 3 is 2.63 bits per heavy atom. The first-order valence-electron chi connectivity index (χ1n) is 6.41. The molecule has 4 nitrogen and oxygen atoms in total. The molecule has 1 aromatic carbocycles. The molecule has 0 aliphatic rings. The molecule has 0 saturated carbocycles. The number of benzene rings is 1. The van der Waals surface area contributed by atoms with Crippen LogP contribution < -0.4 is 0 Å². The second-order valence-corrected chi connectivity index (χ2v) is 4.81. The van der Waals surface area contributed by atoms with Crippen LogP contribution >= 0.6 is 11.6 Å². The zero-order valence-corrected chi connectivity index (χ0v) is 11.6. The van der Waals surface area contributed by atoms with Gasteiger partial charge in [-0.05, 0) is 18.6 Å². The van der Waals surface area contributed by atoms with Gasteiger partial charge >= 0.3 is 0 Å². The molecule has 0 amide bonds. The Morgan fingerprint density at radius 1 is 1.26 bits per heavy atom. The Bertz CT molecular complexity index is 548. The van der Waals surface area contributed by atoms with Crippen molar-refractivity contribution in [3.8, 4) is 11.3 Å². The summed E-state index contributed by atoms with van der Waals surface area (Å²) < 4.78 is 1.79. The predicted molar refractivity (Wildman–Crippen MR) is 75.4 cm³/mol. The summed E-state index contributed by atoms with van der Waals surface area (Å²) >= 11 is 5.88. The molecule has 0 aliphatic carbocycles. The van der Waals surface area contributed by atoms with Crippen LogP contribution in [-0.2, 0) is 6.54 Å². The number of aryl methyl sites for hydroxylation is 1. The van der Waals surface area contributed by atoms with Gasteiger partial charge in [0, 0.05) is 17.1 Å². The number of unbranched alkanes of at least 4 members (excludes halogenated alkanes) is 2. The van der Waals surface area contributed by atoms with Crippen LogP contribution in [0, 0.1) is 0 Å². The monoisotopic (exact) mass is 277 g/mol. The predicted octanol–water partition coefficient (Wildman–Crippen LogP) is 3.60. The van der Waals surface area contributed by atoms with Crippen LogP contribution in [0.5, 0.6) is 0 Å². The Balaban J connectivity index is 2.33. The van der Waals surface area contributed by atoms with E-state index in [0.717, 1.165) is 43.4 Å². The molecule has 0 fully saturated rings. The standard InChI is InChI=1S/C14H16ClN3O/c1-2-3-4-9-18-14(13(10-19)16-17-18)11-5-7-12(15)8-6-11/h5-8,10H,2-4,9H2,1H3. The van der Waals surface area contributed by atoms with Crippen molar-refractivity contribution >= 4 is 17.9 Å². The molecule has 1 aromatic heterocycles. The van der Waals surface area contributed by atoms with Crippen LogP contribution in [0.2, 0.25) is 5.02 Å². The first kappa shape index (κ1) is 13.7. The summed E-state index contributed by atoms with van der Waals surface area (Å²) in [7, 11) is 0.